The molecule has 0 saturated carbocycles. The number of hydrogen-bond donors (Lipinski definition) is 2. The standard InChI is InChI=1S/C18H18O6/c1-9-5-13(16-14(6-9)23-18(3,4)24-16)22-11-7-10(2)15(17(20)21)12(19)8-11/h5-8,19H,1-4H3,(H,20,21). The zero-order chi connectivity index (χ0) is 17.6. The molecule has 0 radical (unpaired) electrons. The van der Waals surface area contributed by atoms with Gasteiger partial charge in [-0.25, -0.2) is 4.79 Å². The van der Waals surface area contributed by atoms with Crippen LogP contribution in [0.25, 0.3) is 0 Å². The Balaban J connectivity index is 2.01. The normalized spacial score (nSPS) is 14.5. The molecule has 0 atom stereocenters. The van der Waals surface area contributed by atoms with E-state index >= 15 is 0 Å². The summed E-state index contributed by atoms with van der Waals surface area (Å²) in [6.07, 6.45) is 0. The van der Waals surface area contributed by atoms with E-state index in [1.807, 2.05) is 13.0 Å². The quantitative estimate of drug-likeness (QED) is 0.884. The minimum atomic E-state index is -1.19. The van der Waals surface area contributed by atoms with Gasteiger partial charge in [-0.1, -0.05) is 0 Å². The summed E-state index contributed by atoms with van der Waals surface area (Å²) in [5.74, 6) is -0.512. The van der Waals surface area contributed by atoms with Crippen LogP contribution in [-0.4, -0.2) is 22.0 Å². The number of carboxylic acids is 1. The van der Waals surface area contributed by atoms with Crippen molar-refractivity contribution in [1.29, 1.82) is 0 Å². The molecule has 0 spiro atoms. The minimum Gasteiger partial charge on any atom is -0.507 e. The highest BCUT2D eigenvalue weighted by molar-refractivity contribution is 5.92. The average molecular weight is 330 g/mol. The number of carbonyl (C=O) groups is 1. The Kier molecular flexibility index (Phi) is 3.55. The number of ether oxygens (including phenoxy) is 3. The van der Waals surface area contributed by atoms with E-state index < -0.39 is 11.8 Å². The largest absolute Gasteiger partial charge is 0.507 e. The van der Waals surface area contributed by atoms with Crippen LogP contribution in [-0.2, 0) is 0 Å². The zero-order valence-electron chi connectivity index (χ0n) is 13.8. The van der Waals surface area contributed by atoms with Gasteiger partial charge < -0.3 is 24.4 Å². The molecule has 2 aromatic carbocycles. The maximum absolute atomic E-state index is 11.1. The van der Waals surface area contributed by atoms with Gasteiger partial charge in [0.15, 0.2) is 11.5 Å². The predicted molar refractivity (Wildman–Crippen MR) is 86.4 cm³/mol. The molecule has 126 valence electrons. The molecule has 0 aromatic heterocycles. The molecule has 3 rings (SSSR count). The van der Waals surface area contributed by atoms with Crippen LogP contribution in [0.1, 0.15) is 35.3 Å². The van der Waals surface area contributed by atoms with Crippen molar-refractivity contribution in [3.05, 3.63) is 41.0 Å². The fourth-order valence-electron chi connectivity index (χ4n) is 2.69. The molecule has 0 unspecified atom stereocenters. The van der Waals surface area contributed by atoms with Gasteiger partial charge in [-0.2, -0.15) is 0 Å². The molecule has 1 aliphatic heterocycles. The lowest BCUT2D eigenvalue weighted by atomic mass is 10.1. The fourth-order valence-corrected chi connectivity index (χ4v) is 2.69. The predicted octanol–water partition coefficient (Wildman–Crippen LogP) is 4.01. The molecule has 0 bridgehead atoms. The summed E-state index contributed by atoms with van der Waals surface area (Å²) in [6, 6.07) is 6.47. The molecular formula is C18H18O6. The summed E-state index contributed by atoms with van der Waals surface area (Å²) in [5.41, 5.74) is 1.19. The molecule has 0 saturated heterocycles. The molecule has 0 amide bonds. The van der Waals surface area contributed by atoms with Crippen molar-refractivity contribution in [2.75, 3.05) is 0 Å². The van der Waals surface area contributed by atoms with Gasteiger partial charge in [0, 0.05) is 19.9 Å². The second-order valence-electron chi connectivity index (χ2n) is 6.24. The van der Waals surface area contributed by atoms with Crippen molar-refractivity contribution in [3.8, 4) is 28.7 Å². The van der Waals surface area contributed by atoms with Gasteiger partial charge in [0.25, 0.3) is 0 Å². The Labute approximate surface area is 139 Å². The smallest absolute Gasteiger partial charge is 0.339 e. The number of carboxylic acid groups (broad SMARTS) is 1. The van der Waals surface area contributed by atoms with Crippen LogP contribution in [0.3, 0.4) is 0 Å². The van der Waals surface area contributed by atoms with E-state index in [1.54, 1.807) is 32.9 Å². The average Bonchev–Trinajstić information content (AvgIpc) is 2.71. The van der Waals surface area contributed by atoms with E-state index in [0.29, 0.717) is 28.6 Å². The van der Waals surface area contributed by atoms with Crippen molar-refractivity contribution < 1.29 is 29.2 Å². The van der Waals surface area contributed by atoms with Crippen LogP contribution in [0.5, 0.6) is 28.7 Å². The lowest BCUT2D eigenvalue weighted by Gasteiger charge is -2.17. The summed E-state index contributed by atoms with van der Waals surface area (Å²) < 4.78 is 17.3. The highest BCUT2D eigenvalue weighted by atomic mass is 16.7. The number of hydrogen-bond acceptors (Lipinski definition) is 5. The van der Waals surface area contributed by atoms with Crippen LogP contribution in [0, 0.1) is 13.8 Å². The lowest BCUT2D eigenvalue weighted by molar-refractivity contribution is -0.0438. The maximum Gasteiger partial charge on any atom is 0.339 e. The number of benzene rings is 2. The fraction of sp³-hybridized carbons (Fsp3) is 0.278. The van der Waals surface area contributed by atoms with Gasteiger partial charge >= 0.3 is 5.97 Å². The number of aryl methyl sites for hydroxylation is 2. The van der Waals surface area contributed by atoms with E-state index in [0.717, 1.165) is 5.56 Å². The lowest BCUT2D eigenvalue weighted by Crippen LogP contribution is -2.29. The van der Waals surface area contributed by atoms with Crippen LogP contribution in [0.15, 0.2) is 24.3 Å². The summed E-state index contributed by atoms with van der Waals surface area (Å²) in [7, 11) is 0. The molecule has 6 nitrogen and oxygen atoms in total. The second kappa shape index (κ2) is 5.33. The summed E-state index contributed by atoms with van der Waals surface area (Å²) in [5, 5.41) is 19.0. The first-order chi connectivity index (χ1) is 11.2. The van der Waals surface area contributed by atoms with E-state index in [4.69, 9.17) is 19.3 Å². The molecule has 0 fully saturated rings. The number of fused-ring (bicyclic) bond motifs is 1. The molecule has 6 heteroatoms. The Morgan fingerprint density at radius 1 is 1.12 bits per heavy atom. The molecule has 1 aliphatic rings. The highest BCUT2D eigenvalue weighted by Crippen LogP contribution is 2.48. The van der Waals surface area contributed by atoms with E-state index in [-0.39, 0.29) is 11.3 Å². The first-order valence-corrected chi connectivity index (χ1v) is 7.44. The molecule has 1 heterocycles. The first kappa shape index (κ1) is 16.0. The molecule has 24 heavy (non-hydrogen) atoms. The number of aromatic carboxylic acids is 1. The van der Waals surface area contributed by atoms with Crippen molar-refractivity contribution >= 4 is 5.97 Å². The molecule has 0 aliphatic carbocycles. The Bertz CT molecular complexity index is 815. The van der Waals surface area contributed by atoms with Gasteiger partial charge in [0.2, 0.25) is 11.5 Å². The first-order valence-electron chi connectivity index (χ1n) is 7.44. The summed E-state index contributed by atoms with van der Waals surface area (Å²) >= 11 is 0. The molecule has 2 aromatic rings. The third kappa shape index (κ3) is 2.82. The monoisotopic (exact) mass is 330 g/mol. The minimum absolute atomic E-state index is 0.141. The third-order valence-electron chi connectivity index (χ3n) is 3.60. The van der Waals surface area contributed by atoms with E-state index in [9.17, 15) is 9.90 Å². The Morgan fingerprint density at radius 3 is 2.46 bits per heavy atom. The van der Waals surface area contributed by atoms with Gasteiger partial charge in [-0.3, -0.25) is 0 Å². The van der Waals surface area contributed by atoms with Crippen LogP contribution < -0.4 is 14.2 Å². The van der Waals surface area contributed by atoms with Crippen LogP contribution >= 0.6 is 0 Å². The molecule has 2 N–H and O–H groups in total. The summed E-state index contributed by atoms with van der Waals surface area (Å²) in [6.45, 7) is 7.09. The van der Waals surface area contributed by atoms with Crippen LogP contribution in [0.2, 0.25) is 0 Å². The number of phenols is 1. The SMILES string of the molecule is Cc1cc(Oc2cc(C)c(C(=O)O)c(O)c2)c2c(c1)OC(C)(C)O2. The third-order valence-corrected chi connectivity index (χ3v) is 3.60. The maximum atomic E-state index is 11.1. The summed E-state index contributed by atoms with van der Waals surface area (Å²) in [4.78, 5) is 11.1. The van der Waals surface area contributed by atoms with Crippen LogP contribution in [0.4, 0.5) is 0 Å². The topological polar surface area (TPSA) is 85.2 Å². The van der Waals surface area contributed by atoms with Crippen molar-refractivity contribution in [1.82, 2.24) is 0 Å². The van der Waals surface area contributed by atoms with Gasteiger partial charge in [0.05, 0.1) is 0 Å². The second-order valence-corrected chi connectivity index (χ2v) is 6.24. The number of rotatable bonds is 3. The molecular weight excluding hydrogens is 312 g/mol. The van der Waals surface area contributed by atoms with Gasteiger partial charge in [-0.15, -0.1) is 0 Å². The zero-order valence-corrected chi connectivity index (χ0v) is 13.8. The van der Waals surface area contributed by atoms with E-state index in [2.05, 4.69) is 0 Å². The van der Waals surface area contributed by atoms with Gasteiger partial charge in [-0.05, 0) is 43.2 Å². The van der Waals surface area contributed by atoms with Crippen molar-refractivity contribution in [2.24, 2.45) is 0 Å². The Hall–Kier alpha value is -2.89. The van der Waals surface area contributed by atoms with Crippen molar-refractivity contribution in [2.45, 2.75) is 33.5 Å². The highest BCUT2D eigenvalue weighted by Gasteiger charge is 2.34. The van der Waals surface area contributed by atoms with Gasteiger partial charge in [0.1, 0.15) is 17.1 Å². The number of aromatic hydroxyl groups is 1. The van der Waals surface area contributed by atoms with E-state index in [1.165, 1.54) is 6.07 Å². The Morgan fingerprint density at radius 2 is 1.83 bits per heavy atom. The van der Waals surface area contributed by atoms with Crippen molar-refractivity contribution in [3.63, 3.8) is 0 Å².